The topological polar surface area (TPSA) is 56.4 Å². The Kier molecular flexibility index (Phi) is 6.96. The summed E-state index contributed by atoms with van der Waals surface area (Å²) >= 11 is 1.78. The highest BCUT2D eigenvalue weighted by molar-refractivity contribution is 7.98. The molecule has 1 saturated heterocycles. The van der Waals surface area contributed by atoms with E-state index in [1.54, 1.807) is 16.7 Å². The number of likely N-dealkylation sites (N-methyl/N-ethyl adjacent to an activating group) is 1. The van der Waals surface area contributed by atoms with Crippen molar-refractivity contribution in [2.45, 2.75) is 43.0 Å². The van der Waals surface area contributed by atoms with Gasteiger partial charge >= 0.3 is 0 Å². The third-order valence-corrected chi connectivity index (χ3v) is 6.28. The van der Waals surface area contributed by atoms with Crippen molar-refractivity contribution in [2.75, 3.05) is 32.9 Å². The number of fused-ring (bicyclic) bond motifs is 1. The highest BCUT2D eigenvalue weighted by Gasteiger charge is 2.25. The summed E-state index contributed by atoms with van der Waals surface area (Å²) in [4.78, 5) is 31.4. The maximum atomic E-state index is 12.0. The molecule has 3 rings (SSSR count). The largest absolute Gasteiger partial charge is 0.361 e. The molecular weight excluding hydrogens is 358 g/mol. The van der Waals surface area contributed by atoms with E-state index in [9.17, 15) is 9.59 Å². The van der Waals surface area contributed by atoms with E-state index >= 15 is 0 Å². The van der Waals surface area contributed by atoms with Crippen molar-refractivity contribution in [3.63, 3.8) is 0 Å². The van der Waals surface area contributed by atoms with Crippen molar-refractivity contribution in [1.29, 1.82) is 0 Å². The molecule has 1 aliphatic heterocycles. The Balaban J connectivity index is 1.60. The summed E-state index contributed by atoms with van der Waals surface area (Å²) in [6.45, 7) is 2.71. The maximum absolute atomic E-state index is 12.0. The lowest BCUT2D eigenvalue weighted by molar-refractivity contribution is -0.131. The second kappa shape index (κ2) is 9.42. The number of carbonyl (C=O) groups is 2. The summed E-state index contributed by atoms with van der Waals surface area (Å²) in [6.07, 6.45) is 9.17. The van der Waals surface area contributed by atoms with E-state index in [2.05, 4.69) is 40.5 Å². The van der Waals surface area contributed by atoms with Gasteiger partial charge in [-0.25, -0.2) is 0 Å². The lowest BCUT2D eigenvalue weighted by Crippen LogP contribution is -2.39. The van der Waals surface area contributed by atoms with Gasteiger partial charge in [-0.2, -0.15) is 0 Å². The average Bonchev–Trinajstić information content (AvgIpc) is 3.30. The van der Waals surface area contributed by atoms with Gasteiger partial charge in [-0.3, -0.25) is 9.69 Å². The van der Waals surface area contributed by atoms with Gasteiger partial charge in [0.15, 0.2) is 0 Å². The number of rotatable bonds is 9. The van der Waals surface area contributed by atoms with Gasteiger partial charge in [-0.15, -0.1) is 11.8 Å². The second-order valence-corrected chi connectivity index (χ2v) is 8.16. The first-order valence-electron chi connectivity index (χ1n) is 9.68. The van der Waals surface area contributed by atoms with Crippen LogP contribution in [0, 0.1) is 0 Å². The molecule has 0 aliphatic carbocycles. The van der Waals surface area contributed by atoms with E-state index in [-0.39, 0.29) is 5.91 Å². The number of carbonyl (C=O) groups excluding carboxylic acids is 2. The zero-order valence-corrected chi connectivity index (χ0v) is 17.1. The molecule has 0 saturated carbocycles. The van der Waals surface area contributed by atoms with E-state index in [0.29, 0.717) is 18.9 Å². The number of aromatic amines is 1. The van der Waals surface area contributed by atoms with Crippen LogP contribution in [-0.4, -0.2) is 66.0 Å². The molecule has 27 heavy (non-hydrogen) atoms. The number of aldehydes is 1. The molecule has 1 amide bonds. The predicted molar refractivity (Wildman–Crippen MR) is 111 cm³/mol. The minimum atomic E-state index is 0.0547. The number of hydrogen-bond acceptors (Lipinski definition) is 4. The number of benzene rings is 1. The average molecular weight is 388 g/mol. The summed E-state index contributed by atoms with van der Waals surface area (Å²) in [5.41, 5.74) is 2.58. The van der Waals surface area contributed by atoms with E-state index in [4.69, 9.17) is 0 Å². The smallest absolute Gasteiger partial charge is 0.222 e. The number of H-pyrrole nitrogens is 1. The highest BCUT2D eigenvalue weighted by Crippen LogP contribution is 2.28. The van der Waals surface area contributed by atoms with Crippen molar-refractivity contribution in [3.05, 3.63) is 30.0 Å². The van der Waals surface area contributed by atoms with Crippen LogP contribution in [0.2, 0.25) is 0 Å². The van der Waals surface area contributed by atoms with E-state index in [0.717, 1.165) is 32.3 Å². The van der Waals surface area contributed by atoms with Gasteiger partial charge in [0.1, 0.15) is 6.29 Å². The lowest BCUT2D eigenvalue weighted by atomic mass is 10.0. The van der Waals surface area contributed by atoms with E-state index in [1.165, 1.54) is 34.2 Å². The molecule has 5 nitrogen and oxygen atoms in total. The first-order valence-corrected chi connectivity index (χ1v) is 10.9. The first-order chi connectivity index (χ1) is 13.1. The molecule has 146 valence electrons. The molecule has 1 aromatic heterocycles. The van der Waals surface area contributed by atoms with Gasteiger partial charge in [0, 0.05) is 61.0 Å². The fourth-order valence-electron chi connectivity index (χ4n) is 3.90. The summed E-state index contributed by atoms with van der Waals surface area (Å²) in [5.74, 6) is 0.0547. The van der Waals surface area contributed by atoms with Crippen molar-refractivity contribution >= 4 is 34.9 Å². The van der Waals surface area contributed by atoms with Gasteiger partial charge in [-0.05, 0) is 55.8 Å². The number of hydrogen-bond donors (Lipinski definition) is 1. The van der Waals surface area contributed by atoms with Gasteiger partial charge in [-0.1, -0.05) is 0 Å². The summed E-state index contributed by atoms with van der Waals surface area (Å²) in [5, 5.41) is 1.33. The Morgan fingerprint density at radius 1 is 1.44 bits per heavy atom. The zero-order chi connectivity index (χ0) is 19.2. The van der Waals surface area contributed by atoms with Crippen LogP contribution >= 0.6 is 11.8 Å². The third-order valence-electron chi connectivity index (χ3n) is 5.55. The fraction of sp³-hybridized carbons (Fsp3) is 0.524. The molecular formula is C21H29N3O2S. The number of thioether (sulfide) groups is 1. The molecule has 0 bridgehead atoms. The lowest BCUT2D eigenvalue weighted by Gasteiger charge is -2.27. The molecule has 0 spiro atoms. The van der Waals surface area contributed by atoms with Gasteiger partial charge in [0.25, 0.3) is 0 Å². The first kappa shape index (κ1) is 20.0. The van der Waals surface area contributed by atoms with Crippen LogP contribution in [0.25, 0.3) is 10.9 Å². The molecule has 1 fully saturated rings. The van der Waals surface area contributed by atoms with Gasteiger partial charge in [0.05, 0.1) is 0 Å². The quantitative estimate of drug-likeness (QED) is 0.530. The molecule has 2 aromatic rings. The standard InChI is InChI=1S/C21H29N3O2S/c1-23(21(26)6-4-12-25)10-11-24-9-3-5-17(24)13-16-15-22-20-8-7-18(27-2)14-19(16)20/h7-8,12,14-15,17,22H,3-6,9-11,13H2,1-2H3. The number of amides is 1. The Morgan fingerprint density at radius 3 is 3.07 bits per heavy atom. The Morgan fingerprint density at radius 2 is 2.30 bits per heavy atom. The van der Waals surface area contributed by atoms with Crippen molar-refractivity contribution in [1.82, 2.24) is 14.8 Å². The fourth-order valence-corrected chi connectivity index (χ4v) is 4.34. The molecule has 2 heterocycles. The van der Waals surface area contributed by atoms with E-state index in [1.807, 2.05) is 7.05 Å². The Hall–Kier alpha value is -1.79. The molecule has 1 aromatic carbocycles. The molecule has 1 aliphatic rings. The molecule has 1 atom stereocenters. The van der Waals surface area contributed by atoms with Gasteiger partial charge < -0.3 is 14.7 Å². The number of nitrogens with zero attached hydrogens (tertiary/aromatic N) is 2. The zero-order valence-electron chi connectivity index (χ0n) is 16.2. The number of nitrogens with one attached hydrogen (secondary N) is 1. The van der Waals surface area contributed by atoms with Crippen molar-refractivity contribution in [2.24, 2.45) is 0 Å². The molecule has 0 radical (unpaired) electrons. The van der Waals surface area contributed by atoms with Crippen molar-refractivity contribution in [3.8, 4) is 0 Å². The van der Waals surface area contributed by atoms with Crippen LogP contribution in [0.4, 0.5) is 0 Å². The SMILES string of the molecule is CSc1ccc2[nH]cc(CC3CCCN3CCN(C)C(=O)CCC=O)c2c1. The second-order valence-electron chi connectivity index (χ2n) is 7.28. The summed E-state index contributed by atoms with van der Waals surface area (Å²) in [7, 11) is 1.84. The third kappa shape index (κ3) is 4.93. The highest BCUT2D eigenvalue weighted by atomic mass is 32.2. The molecule has 1 unspecified atom stereocenters. The van der Waals surface area contributed by atoms with Crippen molar-refractivity contribution < 1.29 is 9.59 Å². The normalized spacial score (nSPS) is 17.5. The predicted octanol–water partition coefficient (Wildman–Crippen LogP) is 3.33. The van der Waals surface area contributed by atoms with Crippen LogP contribution in [0.5, 0.6) is 0 Å². The summed E-state index contributed by atoms with van der Waals surface area (Å²) in [6, 6.07) is 7.13. The van der Waals surface area contributed by atoms with Crippen LogP contribution in [0.1, 0.15) is 31.2 Å². The molecule has 1 N–H and O–H groups in total. The van der Waals surface area contributed by atoms with Crippen LogP contribution in [0.15, 0.2) is 29.3 Å². The Bertz CT molecular complexity index is 789. The van der Waals surface area contributed by atoms with Crippen LogP contribution in [-0.2, 0) is 16.0 Å². The van der Waals surface area contributed by atoms with E-state index < -0.39 is 0 Å². The van der Waals surface area contributed by atoms with Crippen LogP contribution < -0.4 is 0 Å². The van der Waals surface area contributed by atoms with Crippen LogP contribution in [0.3, 0.4) is 0 Å². The summed E-state index contributed by atoms with van der Waals surface area (Å²) < 4.78 is 0. The minimum Gasteiger partial charge on any atom is -0.361 e. The maximum Gasteiger partial charge on any atom is 0.222 e. The molecule has 6 heteroatoms. The number of aromatic nitrogens is 1. The van der Waals surface area contributed by atoms with Gasteiger partial charge in [0.2, 0.25) is 5.91 Å². The number of likely N-dealkylation sites (tertiary alicyclic amines) is 1. The Labute approximate surface area is 165 Å². The monoisotopic (exact) mass is 387 g/mol. The minimum absolute atomic E-state index is 0.0547.